The zero-order valence-electron chi connectivity index (χ0n) is 17.9. The van der Waals surface area contributed by atoms with Crippen LogP contribution in [0.25, 0.3) is 36.8 Å². The smallest absolute Gasteiger partial charge is 0.434 e. The first-order valence-corrected chi connectivity index (χ1v) is 11.2. The maximum atomic E-state index is 6.37. The minimum atomic E-state index is -0.409. The van der Waals surface area contributed by atoms with Gasteiger partial charge in [-0.3, -0.25) is 0 Å². The quantitative estimate of drug-likeness (QED) is 0.300. The summed E-state index contributed by atoms with van der Waals surface area (Å²) >= 11 is 1.76. The van der Waals surface area contributed by atoms with Gasteiger partial charge in [-0.25, -0.2) is 4.98 Å². The summed E-state index contributed by atoms with van der Waals surface area (Å²) in [4.78, 5) is 4.72. The van der Waals surface area contributed by atoms with Crippen molar-refractivity contribution in [1.82, 2.24) is 4.98 Å². The summed E-state index contributed by atoms with van der Waals surface area (Å²) in [6.07, 6.45) is 10.7. The van der Waals surface area contributed by atoms with Gasteiger partial charge < -0.3 is 13.7 Å². The van der Waals surface area contributed by atoms with Crippen molar-refractivity contribution in [3.63, 3.8) is 0 Å². The van der Waals surface area contributed by atoms with Crippen molar-refractivity contribution < 1.29 is 13.7 Å². The van der Waals surface area contributed by atoms with Crippen LogP contribution in [0, 0.1) is 6.08 Å². The number of benzene rings is 2. The monoisotopic (exact) mass is 426 g/mol. The lowest BCUT2D eigenvalue weighted by atomic mass is 9.76. The third-order valence-corrected chi connectivity index (χ3v) is 7.63. The van der Waals surface area contributed by atoms with Gasteiger partial charge in [0.1, 0.15) is 23.2 Å². The van der Waals surface area contributed by atoms with Crippen LogP contribution in [0.3, 0.4) is 0 Å². The van der Waals surface area contributed by atoms with Crippen LogP contribution in [0.15, 0.2) is 59.1 Å². The van der Waals surface area contributed by atoms with Gasteiger partial charge >= 0.3 is 7.12 Å². The number of oxazole rings is 1. The summed E-state index contributed by atoms with van der Waals surface area (Å²) < 4.78 is 21.2. The fourth-order valence-corrected chi connectivity index (χ4v) is 5.25. The van der Waals surface area contributed by atoms with Crippen LogP contribution in [0.5, 0.6) is 0 Å². The van der Waals surface area contributed by atoms with E-state index in [0.29, 0.717) is 5.89 Å². The first kappa shape index (κ1) is 19.0. The number of fused-ring (bicyclic) bond motifs is 4. The van der Waals surface area contributed by atoms with E-state index in [1.165, 1.54) is 9.40 Å². The highest BCUT2D eigenvalue weighted by Gasteiger charge is 2.52. The van der Waals surface area contributed by atoms with Gasteiger partial charge in [-0.1, -0.05) is 12.1 Å². The number of hydrogen-bond donors (Lipinski definition) is 0. The van der Waals surface area contributed by atoms with E-state index in [4.69, 9.17) is 18.7 Å². The number of nitrogens with zero attached hydrogens (tertiary/aromatic N) is 1. The van der Waals surface area contributed by atoms with Crippen LogP contribution in [-0.2, 0) is 9.31 Å². The molecule has 2 aromatic carbocycles. The molecule has 3 heterocycles. The number of allylic oxidation sites excluding steroid dienone is 6. The molecule has 6 heteroatoms. The Morgan fingerprint density at radius 3 is 2.58 bits per heavy atom. The average molecular weight is 426 g/mol. The summed E-state index contributed by atoms with van der Waals surface area (Å²) in [7, 11) is -0.409. The average Bonchev–Trinajstić information content (AvgIpc) is 3.37. The summed E-state index contributed by atoms with van der Waals surface area (Å²) in [6, 6.07) is 10.5. The van der Waals surface area contributed by atoms with Gasteiger partial charge in [0.05, 0.1) is 23.4 Å². The van der Waals surface area contributed by atoms with Gasteiger partial charge in [-0.2, -0.15) is 0 Å². The molecule has 6 rings (SSSR count). The Morgan fingerprint density at radius 2 is 1.84 bits per heavy atom. The predicted octanol–water partition coefficient (Wildman–Crippen LogP) is 5.81. The largest absolute Gasteiger partial charge is 0.495 e. The molecule has 2 aliphatic rings. The Kier molecular flexibility index (Phi) is 3.90. The second kappa shape index (κ2) is 6.38. The highest BCUT2D eigenvalue weighted by Crippen LogP contribution is 2.40. The molecule has 0 amide bonds. The lowest BCUT2D eigenvalue weighted by Crippen LogP contribution is -2.41. The fourth-order valence-electron chi connectivity index (χ4n) is 4.09. The van der Waals surface area contributed by atoms with Crippen molar-refractivity contribution in [3.8, 4) is 0 Å². The van der Waals surface area contributed by atoms with Crippen LogP contribution in [0.2, 0.25) is 0 Å². The third-order valence-electron chi connectivity index (χ3n) is 6.51. The van der Waals surface area contributed by atoms with Crippen molar-refractivity contribution in [2.24, 2.45) is 0 Å². The summed E-state index contributed by atoms with van der Waals surface area (Å²) in [6.45, 7) is 8.33. The molecule has 0 spiro atoms. The molecule has 0 atom stereocenters. The topological polar surface area (TPSA) is 44.5 Å². The predicted molar refractivity (Wildman–Crippen MR) is 128 cm³/mol. The Morgan fingerprint density at radius 1 is 1.03 bits per heavy atom. The Balaban J connectivity index is 1.53. The molecule has 1 saturated heterocycles. The van der Waals surface area contributed by atoms with Crippen LogP contribution in [-0.4, -0.2) is 23.3 Å². The van der Waals surface area contributed by atoms with Gasteiger partial charge in [0.15, 0.2) is 5.58 Å². The maximum Gasteiger partial charge on any atom is 0.495 e. The highest BCUT2D eigenvalue weighted by molar-refractivity contribution is 7.26. The van der Waals surface area contributed by atoms with E-state index in [1.807, 2.05) is 24.3 Å². The molecule has 1 aliphatic carbocycles. The lowest BCUT2D eigenvalue weighted by molar-refractivity contribution is 0.00578. The van der Waals surface area contributed by atoms with Crippen molar-refractivity contribution in [3.05, 3.63) is 66.6 Å². The van der Waals surface area contributed by atoms with E-state index < -0.39 is 7.12 Å². The molecule has 1 fully saturated rings. The van der Waals surface area contributed by atoms with Crippen LogP contribution in [0.4, 0.5) is 0 Å². The molecule has 31 heavy (non-hydrogen) atoms. The third kappa shape index (κ3) is 2.84. The molecular weight excluding hydrogens is 405 g/mol. The fraction of sp³-hybridized carbons (Fsp3) is 0.240. The number of hydrogen-bond acceptors (Lipinski definition) is 5. The van der Waals surface area contributed by atoms with E-state index in [-0.39, 0.29) is 11.2 Å². The molecular formula is C25H21BNO3S+. The van der Waals surface area contributed by atoms with Gasteiger partial charge in [-0.05, 0) is 51.4 Å². The Labute approximate surface area is 185 Å². The van der Waals surface area contributed by atoms with E-state index in [0.717, 1.165) is 32.9 Å². The summed E-state index contributed by atoms with van der Waals surface area (Å²) in [5, 5.41) is 2.30. The van der Waals surface area contributed by atoms with E-state index in [1.54, 1.807) is 11.3 Å². The number of aromatic nitrogens is 1. The first-order valence-electron chi connectivity index (χ1n) is 10.4. The maximum absolute atomic E-state index is 6.37. The van der Waals surface area contributed by atoms with Crippen LogP contribution >= 0.6 is 11.3 Å². The Hall–Kier alpha value is -2.76. The molecule has 0 unspecified atom stereocenters. The van der Waals surface area contributed by atoms with E-state index in [9.17, 15) is 0 Å². The van der Waals surface area contributed by atoms with Crippen molar-refractivity contribution in [2.75, 3.05) is 0 Å². The first-order chi connectivity index (χ1) is 14.8. The normalized spacial score (nSPS) is 19.5. The van der Waals surface area contributed by atoms with E-state index in [2.05, 4.69) is 64.1 Å². The minimum absolute atomic E-state index is 0.383. The number of thiophene rings is 1. The van der Waals surface area contributed by atoms with Gasteiger partial charge in [-0.15, -0.1) is 11.3 Å². The minimum Gasteiger partial charge on any atom is -0.434 e. The van der Waals surface area contributed by atoms with Gasteiger partial charge in [0, 0.05) is 26.2 Å². The molecule has 0 bridgehead atoms. The molecule has 0 N–H and O–H groups in total. The molecule has 4 nitrogen and oxygen atoms in total. The summed E-state index contributed by atoms with van der Waals surface area (Å²) in [5.74, 6) is 0.622. The molecule has 2 aromatic heterocycles. The molecule has 4 aromatic rings. The SMILES string of the molecule is CC1(C)OB(c2cccc3sc4cc5nc(C6=CC=[C+]C=C6)oc5cc4c23)OC1(C)C. The molecule has 0 radical (unpaired) electrons. The van der Waals surface area contributed by atoms with Crippen molar-refractivity contribution in [1.29, 1.82) is 0 Å². The second-order valence-electron chi connectivity index (χ2n) is 9.03. The molecule has 0 saturated carbocycles. The highest BCUT2D eigenvalue weighted by atomic mass is 32.1. The van der Waals surface area contributed by atoms with Crippen LogP contribution in [0.1, 0.15) is 33.6 Å². The molecule has 1 aliphatic heterocycles. The van der Waals surface area contributed by atoms with Crippen LogP contribution < -0.4 is 5.46 Å². The summed E-state index contributed by atoms with van der Waals surface area (Å²) in [5.41, 5.74) is 2.87. The zero-order valence-corrected chi connectivity index (χ0v) is 18.7. The standard InChI is InChI=1S/C25H21BNO3S/c1-24(2)25(3,4)30-26(29-24)17-11-8-12-20-22(17)16-13-19-18(14-21(16)31-20)27-23(28-19)15-9-6-5-7-10-15/h6-14H,1-4H3/q+1. The number of rotatable bonds is 2. The van der Waals surface area contributed by atoms with E-state index >= 15 is 0 Å². The second-order valence-corrected chi connectivity index (χ2v) is 10.1. The Bertz CT molecular complexity index is 1440. The van der Waals surface area contributed by atoms with Gasteiger partial charge in [0.25, 0.3) is 5.89 Å². The van der Waals surface area contributed by atoms with Gasteiger partial charge in [0.2, 0.25) is 0 Å². The van der Waals surface area contributed by atoms with Crippen molar-refractivity contribution in [2.45, 2.75) is 38.9 Å². The lowest BCUT2D eigenvalue weighted by Gasteiger charge is -2.32. The molecule has 152 valence electrons. The zero-order chi connectivity index (χ0) is 21.4. The van der Waals surface area contributed by atoms with Crippen molar-refractivity contribution >= 4 is 60.8 Å².